The highest BCUT2D eigenvalue weighted by Gasteiger charge is 1.88. The third-order valence-corrected chi connectivity index (χ3v) is 1.90. The SMILES string of the molecule is CCCc1ccc(P)cc1. The Morgan fingerprint density at radius 1 is 1.20 bits per heavy atom. The molecule has 0 saturated heterocycles. The van der Waals surface area contributed by atoms with Gasteiger partial charge in [0.25, 0.3) is 0 Å². The normalized spacial score (nSPS) is 9.80. The summed E-state index contributed by atoms with van der Waals surface area (Å²) in [5, 5.41) is 1.26. The van der Waals surface area contributed by atoms with E-state index in [-0.39, 0.29) is 0 Å². The van der Waals surface area contributed by atoms with E-state index in [2.05, 4.69) is 40.4 Å². The predicted molar refractivity (Wildman–Crippen MR) is 49.8 cm³/mol. The topological polar surface area (TPSA) is 0 Å². The Labute approximate surface area is 64.9 Å². The fourth-order valence-electron chi connectivity index (χ4n) is 0.973. The zero-order chi connectivity index (χ0) is 7.40. The summed E-state index contributed by atoms with van der Waals surface area (Å²) in [6.45, 7) is 2.20. The first kappa shape index (κ1) is 7.75. The molecule has 0 N–H and O–H groups in total. The van der Waals surface area contributed by atoms with Gasteiger partial charge >= 0.3 is 0 Å². The van der Waals surface area contributed by atoms with Crippen LogP contribution in [0.3, 0.4) is 0 Å². The molecule has 1 atom stereocenters. The third kappa shape index (κ3) is 2.11. The maximum absolute atomic E-state index is 2.69. The Morgan fingerprint density at radius 2 is 1.80 bits per heavy atom. The molecule has 0 saturated carbocycles. The van der Waals surface area contributed by atoms with Crippen molar-refractivity contribution in [3.63, 3.8) is 0 Å². The molecule has 10 heavy (non-hydrogen) atoms. The van der Waals surface area contributed by atoms with E-state index in [4.69, 9.17) is 0 Å². The minimum Gasteiger partial charge on any atom is -0.106 e. The van der Waals surface area contributed by atoms with Gasteiger partial charge in [0, 0.05) is 0 Å². The van der Waals surface area contributed by atoms with Gasteiger partial charge in [-0.1, -0.05) is 37.6 Å². The molecule has 0 aromatic heterocycles. The molecule has 0 amide bonds. The molecule has 1 heteroatoms. The monoisotopic (exact) mass is 152 g/mol. The molecule has 0 nitrogen and oxygen atoms in total. The van der Waals surface area contributed by atoms with Crippen molar-refractivity contribution in [3.05, 3.63) is 29.8 Å². The first-order valence-corrected chi connectivity index (χ1v) is 4.25. The van der Waals surface area contributed by atoms with Gasteiger partial charge < -0.3 is 0 Å². The van der Waals surface area contributed by atoms with Gasteiger partial charge in [0.05, 0.1) is 0 Å². The molecule has 1 aromatic carbocycles. The summed E-state index contributed by atoms with van der Waals surface area (Å²) < 4.78 is 0. The quantitative estimate of drug-likeness (QED) is 0.569. The van der Waals surface area contributed by atoms with Crippen LogP contribution in [0.25, 0.3) is 0 Å². The third-order valence-electron chi connectivity index (χ3n) is 1.52. The highest BCUT2D eigenvalue weighted by Crippen LogP contribution is 2.01. The minimum absolute atomic E-state index is 1.20. The molecular formula is C9H13P. The summed E-state index contributed by atoms with van der Waals surface area (Å²) in [4.78, 5) is 0. The van der Waals surface area contributed by atoms with Gasteiger partial charge in [-0.15, -0.1) is 9.24 Å². The lowest BCUT2D eigenvalue weighted by atomic mass is 10.1. The Morgan fingerprint density at radius 3 is 2.30 bits per heavy atom. The summed E-state index contributed by atoms with van der Waals surface area (Å²) >= 11 is 0. The van der Waals surface area contributed by atoms with Gasteiger partial charge in [-0.2, -0.15) is 0 Å². The second-order valence-electron chi connectivity index (χ2n) is 2.49. The zero-order valence-corrected chi connectivity index (χ0v) is 7.46. The van der Waals surface area contributed by atoms with Gasteiger partial charge in [-0.05, 0) is 17.3 Å². The fraction of sp³-hybridized carbons (Fsp3) is 0.333. The molecule has 54 valence electrons. The molecule has 1 aromatic rings. The summed E-state index contributed by atoms with van der Waals surface area (Å²) in [5.74, 6) is 0. The van der Waals surface area contributed by atoms with Crippen LogP contribution < -0.4 is 5.30 Å². The van der Waals surface area contributed by atoms with Gasteiger partial charge in [-0.25, -0.2) is 0 Å². The number of benzene rings is 1. The predicted octanol–water partition coefficient (Wildman–Crippen LogP) is 2.14. The van der Waals surface area contributed by atoms with Crippen molar-refractivity contribution in [2.75, 3.05) is 0 Å². The van der Waals surface area contributed by atoms with E-state index in [1.54, 1.807) is 0 Å². The van der Waals surface area contributed by atoms with E-state index in [0.717, 1.165) is 0 Å². The Hall–Kier alpha value is -0.350. The van der Waals surface area contributed by atoms with Crippen molar-refractivity contribution in [1.29, 1.82) is 0 Å². The zero-order valence-electron chi connectivity index (χ0n) is 6.30. The summed E-state index contributed by atoms with van der Waals surface area (Å²) in [6.07, 6.45) is 2.43. The van der Waals surface area contributed by atoms with Crippen LogP contribution in [0, 0.1) is 0 Å². The fourth-order valence-corrected chi connectivity index (χ4v) is 1.17. The van der Waals surface area contributed by atoms with Crippen LogP contribution in [-0.4, -0.2) is 0 Å². The molecule has 0 radical (unpaired) electrons. The van der Waals surface area contributed by atoms with Crippen molar-refractivity contribution < 1.29 is 0 Å². The van der Waals surface area contributed by atoms with Crippen LogP contribution in [0.5, 0.6) is 0 Å². The largest absolute Gasteiger partial charge is 0.106 e. The molecule has 0 aliphatic rings. The number of aryl methyl sites for hydroxylation is 1. The van der Waals surface area contributed by atoms with E-state index in [0.29, 0.717) is 0 Å². The average molecular weight is 152 g/mol. The Balaban J connectivity index is 2.69. The maximum Gasteiger partial charge on any atom is -0.0281 e. The van der Waals surface area contributed by atoms with Crippen LogP contribution in [0.15, 0.2) is 24.3 Å². The molecule has 1 unspecified atom stereocenters. The number of hydrogen-bond donors (Lipinski definition) is 0. The lowest BCUT2D eigenvalue weighted by molar-refractivity contribution is 0.922. The smallest absolute Gasteiger partial charge is 0.0281 e. The van der Waals surface area contributed by atoms with Crippen LogP contribution in [0.2, 0.25) is 0 Å². The summed E-state index contributed by atoms with van der Waals surface area (Å²) in [7, 11) is 2.69. The molecule has 0 aliphatic carbocycles. The van der Waals surface area contributed by atoms with Gasteiger partial charge in [0.15, 0.2) is 0 Å². The molecule has 0 heterocycles. The van der Waals surface area contributed by atoms with Crippen LogP contribution in [0.1, 0.15) is 18.9 Å². The van der Waals surface area contributed by atoms with E-state index in [9.17, 15) is 0 Å². The lowest BCUT2D eigenvalue weighted by Crippen LogP contribution is -1.90. The van der Waals surface area contributed by atoms with E-state index in [1.165, 1.54) is 23.7 Å². The first-order chi connectivity index (χ1) is 4.83. The molecular weight excluding hydrogens is 139 g/mol. The van der Waals surface area contributed by atoms with Crippen molar-refractivity contribution in [2.24, 2.45) is 0 Å². The number of rotatable bonds is 2. The summed E-state index contributed by atoms with van der Waals surface area (Å²) in [5.41, 5.74) is 1.44. The van der Waals surface area contributed by atoms with Crippen molar-refractivity contribution in [2.45, 2.75) is 19.8 Å². The molecule has 0 fully saturated rings. The van der Waals surface area contributed by atoms with Crippen LogP contribution in [0.4, 0.5) is 0 Å². The Kier molecular flexibility index (Phi) is 2.89. The highest BCUT2D eigenvalue weighted by atomic mass is 31.0. The van der Waals surface area contributed by atoms with Gasteiger partial charge in [-0.3, -0.25) is 0 Å². The second kappa shape index (κ2) is 3.73. The van der Waals surface area contributed by atoms with Crippen molar-refractivity contribution >= 4 is 14.5 Å². The van der Waals surface area contributed by atoms with E-state index >= 15 is 0 Å². The van der Waals surface area contributed by atoms with Crippen molar-refractivity contribution in [3.8, 4) is 0 Å². The lowest BCUT2D eigenvalue weighted by Gasteiger charge is -1.97. The van der Waals surface area contributed by atoms with E-state index < -0.39 is 0 Å². The molecule has 1 rings (SSSR count). The van der Waals surface area contributed by atoms with E-state index in [1.807, 2.05) is 0 Å². The minimum atomic E-state index is 1.20. The summed E-state index contributed by atoms with van der Waals surface area (Å²) in [6, 6.07) is 8.64. The number of hydrogen-bond acceptors (Lipinski definition) is 0. The standard InChI is InChI=1S/C9H13P/c1-2-3-8-4-6-9(10)7-5-8/h4-7H,2-3,10H2,1H3. The molecule has 0 bridgehead atoms. The first-order valence-electron chi connectivity index (χ1n) is 3.67. The second-order valence-corrected chi connectivity index (χ2v) is 3.16. The van der Waals surface area contributed by atoms with Crippen molar-refractivity contribution in [1.82, 2.24) is 0 Å². The highest BCUT2D eigenvalue weighted by molar-refractivity contribution is 7.27. The van der Waals surface area contributed by atoms with Crippen LogP contribution >= 0.6 is 9.24 Å². The van der Waals surface area contributed by atoms with Gasteiger partial charge in [0.1, 0.15) is 0 Å². The Bertz CT molecular complexity index is 188. The molecule has 0 spiro atoms. The maximum atomic E-state index is 2.69. The average Bonchev–Trinajstić information content (AvgIpc) is 1.95. The van der Waals surface area contributed by atoms with Gasteiger partial charge in [0.2, 0.25) is 0 Å². The molecule has 0 aliphatic heterocycles. The van der Waals surface area contributed by atoms with Crippen LogP contribution in [-0.2, 0) is 6.42 Å².